The van der Waals surface area contributed by atoms with Crippen molar-refractivity contribution < 1.29 is 4.79 Å². The number of anilines is 1. The Hall–Kier alpha value is -2.80. The van der Waals surface area contributed by atoms with Crippen LogP contribution in [0.4, 0.5) is 5.69 Å². The molecule has 0 unspecified atom stereocenters. The molecule has 0 saturated carbocycles. The van der Waals surface area contributed by atoms with E-state index < -0.39 is 0 Å². The van der Waals surface area contributed by atoms with Crippen LogP contribution >= 0.6 is 11.8 Å². The SMILES string of the molecule is Cc1cc(C)c(NC(=O)CSc2n[nH]c(=O)n2CCc2ccccc2)c(C)c1. The number of thioether (sulfide) groups is 1. The molecule has 0 bridgehead atoms. The Morgan fingerprint density at radius 1 is 1.14 bits per heavy atom. The van der Waals surface area contributed by atoms with Crippen molar-refractivity contribution in [2.45, 2.75) is 38.9 Å². The Morgan fingerprint density at radius 2 is 1.82 bits per heavy atom. The Kier molecular flexibility index (Phi) is 6.36. The van der Waals surface area contributed by atoms with Crippen LogP contribution in [0.15, 0.2) is 52.4 Å². The molecule has 1 aromatic heterocycles. The van der Waals surface area contributed by atoms with E-state index in [9.17, 15) is 9.59 Å². The lowest BCUT2D eigenvalue weighted by Gasteiger charge is -2.12. The van der Waals surface area contributed by atoms with Crippen LogP contribution in [0.3, 0.4) is 0 Å². The zero-order chi connectivity index (χ0) is 20.1. The van der Waals surface area contributed by atoms with Crippen LogP contribution < -0.4 is 11.0 Å². The van der Waals surface area contributed by atoms with Gasteiger partial charge >= 0.3 is 5.69 Å². The number of carbonyl (C=O) groups excluding carboxylic acids is 1. The van der Waals surface area contributed by atoms with E-state index in [1.807, 2.05) is 63.2 Å². The molecule has 0 radical (unpaired) electrons. The monoisotopic (exact) mass is 396 g/mol. The summed E-state index contributed by atoms with van der Waals surface area (Å²) in [6, 6.07) is 14.1. The number of H-pyrrole nitrogens is 1. The summed E-state index contributed by atoms with van der Waals surface area (Å²) in [6.45, 7) is 6.52. The summed E-state index contributed by atoms with van der Waals surface area (Å²) >= 11 is 1.25. The van der Waals surface area contributed by atoms with E-state index in [-0.39, 0.29) is 17.3 Å². The van der Waals surface area contributed by atoms with Gasteiger partial charge in [0.2, 0.25) is 5.91 Å². The van der Waals surface area contributed by atoms with Gasteiger partial charge in [0.1, 0.15) is 0 Å². The van der Waals surface area contributed by atoms with Gasteiger partial charge < -0.3 is 5.32 Å². The lowest BCUT2D eigenvalue weighted by atomic mass is 10.1. The molecule has 0 atom stereocenters. The minimum Gasteiger partial charge on any atom is -0.325 e. The fourth-order valence-corrected chi connectivity index (χ4v) is 3.95. The van der Waals surface area contributed by atoms with Gasteiger partial charge in [-0.05, 0) is 43.9 Å². The lowest BCUT2D eigenvalue weighted by molar-refractivity contribution is -0.113. The Labute approximate surface area is 168 Å². The summed E-state index contributed by atoms with van der Waals surface area (Å²) in [5.74, 6) is 0.0627. The van der Waals surface area contributed by atoms with Crippen LogP contribution in [0.2, 0.25) is 0 Å². The molecule has 1 heterocycles. The first-order valence-electron chi connectivity index (χ1n) is 9.13. The first-order chi connectivity index (χ1) is 13.4. The van der Waals surface area contributed by atoms with Gasteiger partial charge in [-0.2, -0.15) is 0 Å². The van der Waals surface area contributed by atoms with E-state index in [0.717, 1.165) is 28.8 Å². The summed E-state index contributed by atoms with van der Waals surface area (Å²) < 4.78 is 1.58. The van der Waals surface area contributed by atoms with E-state index in [0.29, 0.717) is 11.7 Å². The quantitative estimate of drug-likeness (QED) is 0.599. The third kappa shape index (κ3) is 4.92. The van der Waals surface area contributed by atoms with Crippen LogP contribution in [-0.2, 0) is 17.8 Å². The third-order valence-electron chi connectivity index (χ3n) is 4.46. The maximum Gasteiger partial charge on any atom is 0.343 e. The minimum atomic E-state index is -0.260. The normalized spacial score (nSPS) is 10.8. The number of aromatic nitrogens is 3. The van der Waals surface area contributed by atoms with Crippen molar-refractivity contribution in [3.63, 3.8) is 0 Å². The molecule has 0 aliphatic carbocycles. The van der Waals surface area contributed by atoms with Crippen LogP contribution in [0, 0.1) is 20.8 Å². The maximum absolute atomic E-state index is 12.4. The lowest BCUT2D eigenvalue weighted by Crippen LogP contribution is -2.20. The number of nitrogens with zero attached hydrogens (tertiary/aromatic N) is 2. The largest absolute Gasteiger partial charge is 0.343 e. The molecule has 1 amide bonds. The van der Waals surface area contributed by atoms with Gasteiger partial charge in [-0.3, -0.25) is 9.36 Å². The second-order valence-electron chi connectivity index (χ2n) is 6.81. The highest BCUT2D eigenvalue weighted by molar-refractivity contribution is 7.99. The van der Waals surface area contributed by atoms with Crippen molar-refractivity contribution in [1.29, 1.82) is 0 Å². The summed E-state index contributed by atoms with van der Waals surface area (Å²) in [4.78, 5) is 24.5. The number of aromatic amines is 1. The fourth-order valence-electron chi connectivity index (χ4n) is 3.18. The highest BCUT2D eigenvalue weighted by Gasteiger charge is 2.13. The smallest absolute Gasteiger partial charge is 0.325 e. The molecule has 0 aliphatic heterocycles. The number of benzene rings is 2. The first-order valence-corrected chi connectivity index (χ1v) is 10.1. The van der Waals surface area contributed by atoms with Gasteiger partial charge in [0.25, 0.3) is 0 Å². The molecule has 0 saturated heterocycles. The molecule has 6 nitrogen and oxygen atoms in total. The Bertz CT molecular complexity index is 1000. The second-order valence-corrected chi connectivity index (χ2v) is 7.75. The molecule has 0 fully saturated rings. The van der Waals surface area contributed by atoms with Crippen molar-refractivity contribution in [1.82, 2.24) is 14.8 Å². The summed E-state index contributed by atoms with van der Waals surface area (Å²) in [6.07, 6.45) is 0.724. The molecule has 2 aromatic carbocycles. The second kappa shape index (κ2) is 8.93. The zero-order valence-electron chi connectivity index (χ0n) is 16.3. The molecule has 3 aromatic rings. The maximum atomic E-state index is 12.4. The highest BCUT2D eigenvalue weighted by atomic mass is 32.2. The minimum absolute atomic E-state index is 0.120. The van der Waals surface area contributed by atoms with Gasteiger partial charge in [-0.1, -0.05) is 59.8 Å². The van der Waals surface area contributed by atoms with Crippen LogP contribution in [0.25, 0.3) is 0 Å². The van der Waals surface area contributed by atoms with Crippen LogP contribution in [0.1, 0.15) is 22.3 Å². The van der Waals surface area contributed by atoms with E-state index in [4.69, 9.17) is 0 Å². The Balaban J connectivity index is 1.62. The highest BCUT2D eigenvalue weighted by Crippen LogP contribution is 2.22. The molecule has 28 heavy (non-hydrogen) atoms. The molecule has 0 aliphatic rings. The van der Waals surface area contributed by atoms with Crippen LogP contribution in [0.5, 0.6) is 0 Å². The number of aryl methyl sites for hydroxylation is 4. The molecule has 7 heteroatoms. The topological polar surface area (TPSA) is 79.8 Å². The third-order valence-corrected chi connectivity index (χ3v) is 5.44. The van der Waals surface area contributed by atoms with E-state index in [2.05, 4.69) is 15.5 Å². The molecule has 146 valence electrons. The first kappa shape index (κ1) is 19.9. The molecule has 0 spiro atoms. The number of hydrogen-bond acceptors (Lipinski definition) is 4. The van der Waals surface area contributed by atoms with Crippen molar-refractivity contribution >= 4 is 23.4 Å². The van der Waals surface area contributed by atoms with Crippen molar-refractivity contribution in [2.75, 3.05) is 11.1 Å². The number of nitrogens with one attached hydrogen (secondary N) is 2. The number of carbonyl (C=O) groups is 1. The fraction of sp³-hybridized carbons (Fsp3) is 0.286. The predicted molar refractivity (Wildman–Crippen MR) is 113 cm³/mol. The molecular formula is C21H24N4O2S. The van der Waals surface area contributed by atoms with Gasteiger partial charge in [0.15, 0.2) is 5.16 Å². The van der Waals surface area contributed by atoms with Gasteiger partial charge in [0.05, 0.1) is 5.75 Å². The number of rotatable bonds is 7. The van der Waals surface area contributed by atoms with Crippen molar-refractivity contribution in [2.24, 2.45) is 0 Å². The van der Waals surface area contributed by atoms with Crippen molar-refractivity contribution in [3.8, 4) is 0 Å². The number of hydrogen-bond donors (Lipinski definition) is 2. The average molecular weight is 397 g/mol. The van der Waals surface area contributed by atoms with E-state index >= 15 is 0 Å². The Morgan fingerprint density at radius 3 is 2.50 bits per heavy atom. The molecule has 2 N–H and O–H groups in total. The van der Waals surface area contributed by atoms with Crippen LogP contribution in [-0.4, -0.2) is 26.4 Å². The molecular weight excluding hydrogens is 372 g/mol. The van der Waals surface area contributed by atoms with Gasteiger partial charge in [0, 0.05) is 12.2 Å². The van der Waals surface area contributed by atoms with Gasteiger partial charge in [-0.15, -0.1) is 5.10 Å². The van der Waals surface area contributed by atoms with Crippen molar-refractivity contribution in [3.05, 3.63) is 75.2 Å². The summed E-state index contributed by atoms with van der Waals surface area (Å²) in [5.41, 5.74) is 4.98. The van der Waals surface area contributed by atoms with E-state index in [1.54, 1.807) is 4.57 Å². The average Bonchev–Trinajstić information content (AvgIpc) is 3.02. The number of amides is 1. The van der Waals surface area contributed by atoms with Gasteiger partial charge in [-0.25, -0.2) is 9.89 Å². The summed E-state index contributed by atoms with van der Waals surface area (Å²) in [5, 5.41) is 10.0. The molecule has 3 rings (SSSR count). The summed E-state index contributed by atoms with van der Waals surface area (Å²) in [7, 11) is 0. The van der Waals surface area contributed by atoms with E-state index in [1.165, 1.54) is 17.3 Å². The zero-order valence-corrected chi connectivity index (χ0v) is 17.1. The standard InChI is InChI=1S/C21H24N4O2S/c1-14-11-15(2)19(16(3)12-14)22-18(26)13-28-21-24-23-20(27)25(21)10-9-17-7-5-4-6-8-17/h4-8,11-12H,9-10,13H2,1-3H3,(H,22,26)(H,23,27). The predicted octanol–water partition coefficient (Wildman–Crippen LogP) is 3.47.